The van der Waals surface area contributed by atoms with Crippen molar-refractivity contribution in [2.45, 2.75) is 18.2 Å². The fourth-order valence-electron chi connectivity index (χ4n) is 5.68. The van der Waals surface area contributed by atoms with Gasteiger partial charge in [-0.15, -0.1) is 0 Å². The number of para-hydroxylation sites is 2. The Balaban J connectivity index is 1.34. The van der Waals surface area contributed by atoms with Gasteiger partial charge >= 0.3 is 5.97 Å². The molecule has 5 aromatic rings. The minimum Gasteiger partial charge on any atom is -0.475 e. The highest BCUT2D eigenvalue weighted by Gasteiger charge is 2.31. The lowest BCUT2D eigenvalue weighted by Crippen LogP contribution is -2.49. The molecule has 1 N–H and O–H groups in total. The highest BCUT2D eigenvalue weighted by atomic mass is 32.2. The summed E-state index contributed by atoms with van der Waals surface area (Å²) >= 11 is 0. The number of nitrogens with zero attached hydrogens (tertiary/aromatic N) is 4. The first kappa shape index (κ1) is 29.9. The van der Waals surface area contributed by atoms with Crippen molar-refractivity contribution >= 4 is 44.2 Å². The minimum atomic E-state index is -4.12. The van der Waals surface area contributed by atoms with Crippen molar-refractivity contribution in [3.05, 3.63) is 120 Å². The van der Waals surface area contributed by atoms with Gasteiger partial charge in [0.25, 0.3) is 15.9 Å². The number of carbonyl (C=O) groups is 2. The molecule has 10 nitrogen and oxygen atoms in total. The van der Waals surface area contributed by atoms with E-state index in [0.717, 1.165) is 11.3 Å². The molecule has 1 amide bonds. The molecule has 1 saturated heterocycles. The van der Waals surface area contributed by atoms with E-state index < -0.39 is 16.0 Å². The number of aryl methyl sites for hydroxylation is 1. The van der Waals surface area contributed by atoms with Crippen molar-refractivity contribution in [2.24, 2.45) is 0 Å². The monoisotopic (exact) mass is 624 g/mol. The van der Waals surface area contributed by atoms with Gasteiger partial charge in [-0.3, -0.25) is 14.1 Å². The molecule has 0 radical (unpaired) electrons. The quantitative estimate of drug-likeness (QED) is 0.236. The Bertz CT molecular complexity index is 1950. The van der Waals surface area contributed by atoms with E-state index in [1.807, 2.05) is 48.5 Å². The van der Waals surface area contributed by atoms with Crippen LogP contribution in [0.4, 0.5) is 11.4 Å². The smallest absolute Gasteiger partial charge is 0.372 e. The van der Waals surface area contributed by atoms with Crippen LogP contribution in [-0.4, -0.2) is 68.0 Å². The van der Waals surface area contributed by atoms with Crippen LogP contribution >= 0.6 is 0 Å². The number of rotatable bonds is 9. The molecule has 0 atom stereocenters. The molecule has 0 spiro atoms. The average Bonchev–Trinajstić information content (AvgIpc) is 3.41. The molecule has 3 aromatic carbocycles. The number of carboxylic acid groups (broad SMARTS) is 1. The van der Waals surface area contributed by atoms with E-state index >= 15 is 0 Å². The molecule has 3 heterocycles. The number of amides is 1. The molecule has 0 unspecified atom stereocenters. The first-order valence-electron chi connectivity index (χ1n) is 14.6. The maximum atomic E-state index is 14.5. The van der Waals surface area contributed by atoms with E-state index in [1.165, 1.54) is 22.5 Å². The standard InChI is InChI=1S/C34H32N4O6S/c1-24-27-23-26(14-15-31(27)44-32(24)34(40)41)45(42,43)38(18-16-25-9-3-2-4-10-25)30-13-6-5-12-29(30)36-19-21-37(22-20-36)33(39)28-11-7-8-17-35-28/h2-15,17,23H,16,18-22H2,1H3,(H,40,41). The van der Waals surface area contributed by atoms with Gasteiger partial charge in [0.1, 0.15) is 11.3 Å². The van der Waals surface area contributed by atoms with Gasteiger partial charge in [0, 0.05) is 49.9 Å². The first-order valence-corrected chi connectivity index (χ1v) is 16.1. The molecule has 1 aliphatic rings. The van der Waals surface area contributed by atoms with Crippen molar-refractivity contribution in [1.82, 2.24) is 9.88 Å². The third kappa shape index (κ3) is 5.99. The number of aromatic carboxylic acids is 1. The Kier molecular flexibility index (Phi) is 8.27. The summed E-state index contributed by atoms with van der Waals surface area (Å²) in [6, 6.07) is 26.8. The van der Waals surface area contributed by atoms with Crippen LogP contribution in [0.3, 0.4) is 0 Å². The number of anilines is 2. The molecule has 1 fully saturated rings. The predicted molar refractivity (Wildman–Crippen MR) is 171 cm³/mol. The van der Waals surface area contributed by atoms with Crippen molar-refractivity contribution in [2.75, 3.05) is 41.9 Å². The number of benzene rings is 3. The molecule has 0 bridgehead atoms. The van der Waals surface area contributed by atoms with Crippen LogP contribution in [0.5, 0.6) is 0 Å². The number of carbonyl (C=O) groups excluding carboxylic acids is 1. The largest absolute Gasteiger partial charge is 0.475 e. The molecule has 230 valence electrons. The summed E-state index contributed by atoms with van der Waals surface area (Å²) in [4.78, 5) is 32.7. The van der Waals surface area contributed by atoms with Gasteiger partial charge in [-0.2, -0.15) is 0 Å². The maximum absolute atomic E-state index is 14.5. The van der Waals surface area contributed by atoms with Crippen LogP contribution < -0.4 is 9.21 Å². The van der Waals surface area contributed by atoms with E-state index in [1.54, 1.807) is 42.3 Å². The number of aromatic nitrogens is 1. The summed E-state index contributed by atoms with van der Waals surface area (Å²) in [6.45, 7) is 3.73. The Labute approximate surface area is 261 Å². The lowest BCUT2D eigenvalue weighted by Gasteiger charge is -2.38. The average molecular weight is 625 g/mol. The Morgan fingerprint density at radius 1 is 0.911 bits per heavy atom. The van der Waals surface area contributed by atoms with Gasteiger partial charge in [0.15, 0.2) is 0 Å². The van der Waals surface area contributed by atoms with E-state index in [2.05, 4.69) is 9.88 Å². The Morgan fingerprint density at radius 2 is 1.62 bits per heavy atom. The third-order valence-electron chi connectivity index (χ3n) is 8.08. The number of hydrogen-bond acceptors (Lipinski definition) is 7. The second-order valence-electron chi connectivity index (χ2n) is 10.8. The van der Waals surface area contributed by atoms with E-state index in [0.29, 0.717) is 60.5 Å². The Hall–Kier alpha value is -5.16. The predicted octanol–water partition coefficient (Wildman–Crippen LogP) is 5.23. The van der Waals surface area contributed by atoms with E-state index in [-0.39, 0.29) is 23.1 Å². The third-order valence-corrected chi connectivity index (χ3v) is 9.89. The van der Waals surface area contributed by atoms with Gasteiger partial charge in [-0.05, 0) is 61.4 Å². The second-order valence-corrected chi connectivity index (χ2v) is 12.7. The van der Waals surface area contributed by atoms with Gasteiger partial charge < -0.3 is 19.3 Å². The fourth-order valence-corrected chi connectivity index (χ4v) is 7.19. The highest BCUT2D eigenvalue weighted by Crippen LogP contribution is 2.36. The maximum Gasteiger partial charge on any atom is 0.372 e. The van der Waals surface area contributed by atoms with Crippen LogP contribution in [0.1, 0.15) is 32.2 Å². The van der Waals surface area contributed by atoms with Crippen LogP contribution in [-0.2, 0) is 16.4 Å². The van der Waals surface area contributed by atoms with Gasteiger partial charge in [0.05, 0.1) is 16.3 Å². The molecule has 0 saturated carbocycles. The van der Waals surface area contributed by atoms with Crippen LogP contribution in [0.25, 0.3) is 11.0 Å². The molecular formula is C34H32N4O6S. The zero-order chi connectivity index (χ0) is 31.6. The van der Waals surface area contributed by atoms with E-state index in [9.17, 15) is 23.1 Å². The van der Waals surface area contributed by atoms with Crippen LogP contribution in [0.15, 0.2) is 107 Å². The van der Waals surface area contributed by atoms with Crippen LogP contribution in [0, 0.1) is 6.92 Å². The molecule has 6 rings (SSSR count). The summed E-state index contributed by atoms with van der Waals surface area (Å²) in [6.07, 6.45) is 2.07. The van der Waals surface area contributed by atoms with E-state index in [4.69, 9.17) is 4.42 Å². The molecule has 1 aliphatic heterocycles. The summed E-state index contributed by atoms with van der Waals surface area (Å²) in [5.74, 6) is -1.56. The van der Waals surface area contributed by atoms with Crippen molar-refractivity contribution in [3.63, 3.8) is 0 Å². The normalized spacial score (nSPS) is 13.6. The summed E-state index contributed by atoms with van der Waals surface area (Å²) in [5.41, 5.74) is 3.32. The van der Waals surface area contributed by atoms with Crippen molar-refractivity contribution in [1.29, 1.82) is 0 Å². The van der Waals surface area contributed by atoms with Crippen molar-refractivity contribution < 1.29 is 27.5 Å². The topological polar surface area (TPSA) is 124 Å². The lowest BCUT2D eigenvalue weighted by atomic mass is 10.1. The SMILES string of the molecule is Cc1c(C(=O)O)oc2ccc(S(=O)(=O)N(CCc3ccccc3)c3ccccc3N3CCN(C(=O)c4ccccn4)CC3)cc12. The molecular weight excluding hydrogens is 592 g/mol. The zero-order valence-corrected chi connectivity index (χ0v) is 25.5. The number of sulfonamides is 1. The fraction of sp³-hybridized carbons (Fsp3) is 0.206. The first-order chi connectivity index (χ1) is 21.7. The number of carboxylic acids is 1. The lowest BCUT2D eigenvalue weighted by molar-refractivity contribution is 0.0663. The Morgan fingerprint density at radius 3 is 2.33 bits per heavy atom. The zero-order valence-electron chi connectivity index (χ0n) is 24.7. The van der Waals surface area contributed by atoms with Gasteiger partial charge in [-0.1, -0.05) is 48.5 Å². The number of pyridine rings is 1. The van der Waals surface area contributed by atoms with Crippen LogP contribution in [0.2, 0.25) is 0 Å². The second kappa shape index (κ2) is 12.4. The molecule has 45 heavy (non-hydrogen) atoms. The van der Waals surface area contributed by atoms with Gasteiger partial charge in [-0.25, -0.2) is 13.2 Å². The molecule has 0 aliphatic carbocycles. The number of fused-ring (bicyclic) bond motifs is 1. The van der Waals surface area contributed by atoms with Crippen molar-refractivity contribution in [3.8, 4) is 0 Å². The molecule has 11 heteroatoms. The minimum absolute atomic E-state index is 0.0319. The number of piperazine rings is 1. The highest BCUT2D eigenvalue weighted by molar-refractivity contribution is 7.92. The number of hydrogen-bond donors (Lipinski definition) is 1. The number of furan rings is 1. The molecule has 2 aromatic heterocycles. The summed E-state index contributed by atoms with van der Waals surface area (Å²) in [7, 11) is -4.12. The summed E-state index contributed by atoms with van der Waals surface area (Å²) in [5, 5.41) is 9.95. The van der Waals surface area contributed by atoms with Gasteiger partial charge in [0.2, 0.25) is 5.76 Å². The summed E-state index contributed by atoms with van der Waals surface area (Å²) < 4.78 is 35.9.